The number of ether oxygens (including phenoxy) is 3. The number of likely N-dealkylation sites (N-methyl/N-ethyl adjacent to an activating group) is 1. The predicted molar refractivity (Wildman–Crippen MR) is 277 cm³/mol. The Morgan fingerprint density at radius 2 is 0.848 bits per heavy atom. The topological polar surface area (TPSA) is 102 Å². The van der Waals surface area contributed by atoms with Crippen LogP contribution in [0.5, 0.6) is 0 Å². The van der Waals surface area contributed by atoms with Gasteiger partial charge in [-0.05, 0) is 44.9 Å². The minimum absolute atomic E-state index is 0.0419. The molecular formula is C58H107NO7. The van der Waals surface area contributed by atoms with Crippen LogP contribution in [-0.4, -0.2) is 75.5 Å². The number of hydrogen-bond acceptors (Lipinski definition) is 7. The molecule has 0 bridgehead atoms. The fourth-order valence-corrected chi connectivity index (χ4v) is 8.50. The van der Waals surface area contributed by atoms with Crippen molar-refractivity contribution in [2.75, 3.05) is 41.0 Å². The molecule has 2 atom stereocenters. The first kappa shape index (κ1) is 63.5. The Hall–Kier alpha value is -2.45. The second kappa shape index (κ2) is 49.0. The summed E-state index contributed by atoms with van der Waals surface area (Å²) in [5, 5.41) is 11.7. The molecule has 0 N–H and O–H groups in total. The van der Waals surface area contributed by atoms with Gasteiger partial charge in [0.05, 0.1) is 40.3 Å². The van der Waals surface area contributed by atoms with Gasteiger partial charge in [0, 0.05) is 19.3 Å². The highest BCUT2D eigenvalue weighted by molar-refractivity contribution is 5.70. The van der Waals surface area contributed by atoms with Crippen LogP contribution in [0.3, 0.4) is 0 Å². The first-order valence-electron chi connectivity index (χ1n) is 28.0. The first-order chi connectivity index (χ1) is 32.1. The zero-order valence-corrected chi connectivity index (χ0v) is 44.1. The zero-order chi connectivity index (χ0) is 48.4. The Morgan fingerprint density at radius 1 is 0.470 bits per heavy atom. The molecule has 0 heterocycles. The van der Waals surface area contributed by atoms with Crippen LogP contribution >= 0.6 is 0 Å². The SMILES string of the molecule is CC/C=C/C/C=C/C/C=C/CCCCCCCCCCCC(=O)OC(COCCC(C(=O)[O-])[N+](C)(C)C)COC(=O)CCCCCCCCCCCCCCCCCCCCCCCCC. The van der Waals surface area contributed by atoms with Crippen LogP contribution in [-0.2, 0) is 28.6 Å². The molecule has 0 aliphatic heterocycles. The van der Waals surface area contributed by atoms with Gasteiger partial charge in [0.15, 0.2) is 6.10 Å². The summed E-state index contributed by atoms with van der Waals surface area (Å²) in [6, 6.07) is -0.726. The summed E-state index contributed by atoms with van der Waals surface area (Å²) in [6.45, 7) is 4.60. The van der Waals surface area contributed by atoms with Gasteiger partial charge in [-0.3, -0.25) is 9.59 Å². The number of allylic oxidation sites excluding steroid dienone is 6. The van der Waals surface area contributed by atoms with Crippen LogP contribution in [0.1, 0.15) is 264 Å². The van der Waals surface area contributed by atoms with E-state index in [0.717, 1.165) is 64.2 Å². The highest BCUT2D eigenvalue weighted by Crippen LogP contribution is 2.17. The predicted octanol–water partition coefficient (Wildman–Crippen LogP) is 15.2. The lowest BCUT2D eigenvalue weighted by Crippen LogP contribution is -2.55. The van der Waals surface area contributed by atoms with E-state index in [1.54, 1.807) is 0 Å². The van der Waals surface area contributed by atoms with Crippen LogP contribution in [0.25, 0.3) is 0 Å². The highest BCUT2D eigenvalue weighted by Gasteiger charge is 2.25. The molecule has 0 spiro atoms. The molecule has 0 rings (SSSR count). The number of nitrogens with zero attached hydrogens (tertiary/aromatic N) is 1. The quantitative estimate of drug-likeness (QED) is 0.0259. The summed E-state index contributed by atoms with van der Waals surface area (Å²) in [5.74, 6) is -1.72. The lowest BCUT2D eigenvalue weighted by atomic mass is 10.0. The summed E-state index contributed by atoms with van der Waals surface area (Å²) in [6.07, 6.45) is 59.0. The van der Waals surface area contributed by atoms with Gasteiger partial charge in [-0.1, -0.05) is 237 Å². The fraction of sp³-hybridized carbons (Fsp3) is 0.845. The number of aliphatic carboxylic acids is 1. The number of carboxylic acid groups (broad SMARTS) is 1. The van der Waals surface area contributed by atoms with E-state index >= 15 is 0 Å². The summed E-state index contributed by atoms with van der Waals surface area (Å²) in [4.78, 5) is 37.1. The maximum Gasteiger partial charge on any atom is 0.306 e. The molecule has 66 heavy (non-hydrogen) atoms. The molecule has 0 amide bonds. The maximum absolute atomic E-state index is 12.8. The first-order valence-corrected chi connectivity index (χ1v) is 28.0. The normalized spacial score (nSPS) is 13.0. The lowest BCUT2D eigenvalue weighted by molar-refractivity contribution is -0.889. The average molecular weight is 930 g/mol. The third kappa shape index (κ3) is 46.7. The number of carboxylic acids is 1. The van der Waals surface area contributed by atoms with Crippen LogP contribution in [0.2, 0.25) is 0 Å². The zero-order valence-electron chi connectivity index (χ0n) is 44.1. The molecule has 0 aliphatic rings. The average Bonchev–Trinajstić information content (AvgIpc) is 3.28. The van der Waals surface area contributed by atoms with Gasteiger partial charge in [0.25, 0.3) is 0 Å². The van der Waals surface area contributed by atoms with Crippen molar-refractivity contribution in [2.45, 2.75) is 276 Å². The number of carbonyl (C=O) groups is 3. The van der Waals surface area contributed by atoms with Crippen LogP contribution in [0.15, 0.2) is 36.5 Å². The standard InChI is InChI=1S/C58H107NO7/c1-6-8-10-12-14-16-18-20-22-24-26-27-28-29-31-32-34-36-38-40-42-44-46-48-56(60)65-53-54(52-64-51-50-55(58(62)63)59(3,4)5)66-57(61)49-47-45-43-41-39-37-35-33-30-25-23-21-19-17-15-13-11-9-7-2/h9,11,15,17,21,23,54-55H,6-8,10,12-14,16,18-20,22,24-53H2,1-5H3/b11-9+,17-15+,23-21+. The molecule has 2 unspecified atom stereocenters. The van der Waals surface area contributed by atoms with Gasteiger partial charge in [0.2, 0.25) is 0 Å². The van der Waals surface area contributed by atoms with E-state index in [1.807, 2.05) is 21.1 Å². The number of rotatable bonds is 51. The van der Waals surface area contributed by atoms with Gasteiger partial charge in [0.1, 0.15) is 12.6 Å². The smallest absolute Gasteiger partial charge is 0.306 e. The Bertz CT molecular complexity index is 1170. The van der Waals surface area contributed by atoms with Crippen molar-refractivity contribution in [1.82, 2.24) is 0 Å². The Balaban J connectivity index is 4.14. The molecule has 0 aliphatic carbocycles. The largest absolute Gasteiger partial charge is 0.544 e. The van der Waals surface area contributed by atoms with Gasteiger partial charge in [-0.25, -0.2) is 0 Å². The molecule has 0 aromatic heterocycles. The molecule has 0 fully saturated rings. The van der Waals surface area contributed by atoms with Crippen LogP contribution in [0, 0.1) is 0 Å². The molecule has 8 heteroatoms. The summed E-state index contributed by atoms with van der Waals surface area (Å²) < 4.78 is 17.3. The molecule has 0 aromatic carbocycles. The van der Waals surface area contributed by atoms with Crippen LogP contribution in [0.4, 0.5) is 0 Å². The van der Waals surface area contributed by atoms with E-state index in [-0.39, 0.29) is 42.7 Å². The van der Waals surface area contributed by atoms with E-state index in [1.165, 1.54) is 167 Å². The summed E-state index contributed by atoms with van der Waals surface area (Å²) >= 11 is 0. The number of hydrogen-bond donors (Lipinski definition) is 0. The van der Waals surface area contributed by atoms with Crippen molar-refractivity contribution in [2.24, 2.45) is 0 Å². The minimum atomic E-state index is -1.12. The molecule has 0 aromatic rings. The number of unbranched alkanes of at least 4 members (excludes halogenated alkanes) is 31. The molecule has 8 nitrogen and oxygen atoms in total. The van der Waals surface area contributed by atoms with Gasteiger partial charge < -0.3 is 28.6 Å². The van der Waals surface area contributed by atoms with Crippen molar-refractivity contribution < 1.29 is 38.2 Å². The van der Waals surface area contributed by atoms with Crippen molar-refractivity contribution in [3.8, 4) is 0 Å². The molecule has 386 valence electrons. The lowest BCUT2D eigenvalue weighted by Gasteiger charge is -2.34. The van der Waals surface area contributed by atoms with E-state index in [2.05, 4.69) is 50.3 Å². The van der Waals surface area contributed by atoms with E-state index < -0.39 is 18.1 Å². The third-order valence-electron chi connectivity index (χ3n) is 12.8. The van der Waals surface area contributed by atoms with Gasteiger partial charge >= 0.3 is 11.9 Å². The van der Waals surface area contributed by atoms with Crippen molar-refractivity contribution in [1.29, 1.82) is 0 Å². The van der Waals surface area contributed by atoms with Crippen molar-refractivity contribution >= 4 is 17.9 Å². The number of quaternary nitrogens is 1. The fourth-order valence-electron chi connectivity index (χ4n) is 8.50. The maximum atomic E-state index is 12.8. The Kier molecular flexibility index (Phi) is 47.2. The van der Waals surface area contributed by atoms with E-state index in [9.17, 15) is 19.5 Å². The Labute approximate surface area is 408 Å². The molecule has 0 saturated carbocycles. The number of carbonyl (C=O) groups excluding carboxylic acids is 3. The molecule has 0 saturated heterocycles. The second-order valence-corrected chi connectivity index (χ2v) is 20.2. The summed E-state index contributed by atoms with van der Waals surface area (Å²) in [5.41, 5.74) is 0. The van der Waals surface area contributed by atoms with Gasteiger partial charge in [-0.2, -0.15) is 0 Å². The molecule has 0 radical (unpaired) electrons. The summed E-state index contributed by atoms with van der Waals surface area (Å²) in [7, 11) is 5.43. The van der Waals surface area contributed by atoms with Gasteiger partial charge in [-0.15, -0.1) is 0 Å². The van der Waals surface area contributed by atoms with Crippen molar-refractivity contribution in [3.05, 3.63) is 36.5 Å². The number of esters is 2. The monoisotopic (exact) mass is 930 g/mol. The third-order valence-corrected chi connectivity index (χ3v) is 12.8. The Morgan fingerprint density at radius 3 is 1.26 bits per heavy atom. The van der Waals surface area contributed by atoms with Crippen molar-refractivity contribution in [3.63, 3.8) is 0 Å². The van der Waals surface area contributed by atoms with Crippen LogP contribution < -0.4 is 5.11 Å². The second-order valence-electron chi connectivity index (χ2n) is 20.2. The van der Waals surface area contributed by atoms with E-state index in [4.69, 9.17) is 14.2 Å². The highest BCUT2D eigenvalue weighted by atomic mass is 16.6. The minimum Gasteiger partial charge on any atom is -0.544 e. The van der Waals surface area contributed by atoms with E-state index in [0.29, 0.717) is 12.8 Å². The molecular weight excluding hydrogens is 823 g/mol.